The van der Waals surface area contributed by atoms with Crippen LogP contribution in [0.3, 0.4) is 0 Å². The Balaban J connectivity index is 1.74. The number of halogens is 2. The van der Waals surface area contributed by atoms with E-state index in [4.69, 9.17) is 23.2 Å². The van der Waals surface area contributed by atoms with Gasteiger partial charge in [0.25, 0.3) is 0 Å². The third-order valence-electron chi connectivity index (χ3n) is 4.66. The van der Waals surface area contributed by atoms with Crippen LogP contribution in [-0.2, 0) is 24.4 Å². The second kappa shape index (κ2) is 8.19. The molecule has 2 aromatic carbocycles. The number of aromatic nitrogens is 2. The Kier molecular flexibility index (Phi) is 5.92. The zero-order valence-corrected chi connectivity index (χ0v) is 16.8. The minimum Gasteiger partial charge on any atom is -0.341 e. The Morgan fingerprint density at radius 1 is 1.04 bits per heavy atom. The smallest absolute Gasteiger partial charge is 0.329 e. The fourth-order valence-corrected chi connectivity index (χ4v) is 3.59. The van der Waals surface area contributed by atoms with E-state index in [9.17, 15) is 9.59 Å². The fraction of sp³-hybridized carbons (Fsp3) is 0.300. The number of imidazole rings is 1. The molecule has 1 amide bonds. The molecule has 0 aliphatic heterocycles. The predicted molar refractivity (Wildman–Crippen MR) is 109 cm³/mol. The Bertz CT molecular complexity index is 1040. The van der Waals surface area contributed by atoms with Crippen molar-refractivity contribution in [1.29, 1.82) is 0 Å². The van der Waals surface area contributed by atoms with Crippen LogP contribution in [0.4, 0.5) is 0 Å². The molecule has 3 rings (SSSR count). The van der Waals surface area contributed by atoms with Crippen molar-refractivity contribution in [2.24, 2.45) is 0 Å². The molecule has 1 heterocycles. The van der Waals surface area contributed by atoms with Crippen molar-refractivity contribution < 1.29 is 4.79 Å². The third-order valence-corrected chi connectivity index (χ3v) is 5.51. The lowest BCUT2D eigenvalue weighted by molar-refractivity contribution is -0.130. The van der Waals surface area contributed by atoms with Gasteiger partial charge in [0.2, 0.25) is 5.91 Å². The van der Waals surface area contributed by atoms with E-state index in [1.165, 1.54) is 0 Å². The van der Waals surface area contributed by atoms with Crippen LogP contribution < -0.4 is 5.69 Å². The number of aryl methyl sites for hydroxylation is 2. The first-order chi connectivity index (χ1) is 12.9. The minimum atomic E-state index is -0.0907. The summed E-state index contributed by atoms with van der Waals surface area (Å²) in [4.78, 5) is 26.8. The van der Waals surface area contributed by atoms with Crippen molar-refractivity contribution in [2.75, 3.05) is 7.05 Å². The highest BCUT2D eigenvalue weighted by Gasteiger charge is 2.16. The van der Waals surface area contributed by atoms with Gasteiger partial charge < -0.3 is 4.90 Å². The van der Waals surface area contributed by atoms with E-state index < -0.39 is 0 Å². The molecule has 1 aromatic heterocycles. The molecule has 0 unspecified atom stereocenters. The van der Waals surface area contributed by atoms with Gasteiger partial charge in [-0.1, -0.05) is 47.5 Å². The van der Waals surface area contributed by atoms with E-state index in [-0.39, 0.29) is 18.0 Å². The molecule has 0 atom stereocenters. The lowest BCUT2D eigenvalue weighted by Gasteiger charge is -2.18. The van der Waals surface area contributed by atoms with E-state index in [0.29, 0.717) is 29.7 Å². The van der Waals surface area contributed by atoms with Gasteiger partial charge in [0.05, 0.1) is 21.1 Å². The summed E-state index contributed by atoms with van der Waals surface area (Å²) in [5.41, 5.74) is 2.43. The number of carbonyl (C=O) groups excluding carboxylic acids is 1. The van der Waals surface area contributed by atoms with Crippen LogP contribution in [0.15, 0.2) is 47.3 Å². The Hall–Kier alpha value is -2.24. The molecule has 0 aliphatic carbocycles. The largest absolute Gasteiger partial charge is 0.341 e. The van der Waals surface area contributed by atoms with Gasteiger partial charge in [-0.3, -0.25) is 13.9 Å². The van der Waals surface area contributed by atoms with E-state index in [1.807, 2.05) is 37.3 Å². The molecule has 0 saturated heterocycles. The summed E-state index contributed by atoms with van der Waals surface area (Å²) in [6.45, 7) is 3.22. The first kappa shape index (κ1) is 19.5. The van der Waals surface area contributed by atoms with Crippen molar-refractivity contribution in [3.8, 4) is 0 Å². The first-order valence-corrected chi connectivity index (χ1v) is 9.54. The number of benzene rings is 2. The SMILES string of the molecule is CCn1c(=O)n(CCC(=O)N(C)Cc2cccc(Cl)c2Cl)c2ccccc21. The third kappa shape index (κ3) is 3.89. The van der Waals surface area contributed by atoms with Crippen LogP contribution in [0.2, 0.25) is 10.0 Å². The van der Waals surface area contributed by atoms with Crippen molar-refractivity contribution in [2.45, 2.75) is 33.0 Å². The van der Waals surface area contributed by atoms with E-state index in [2.05, 4.69) is 0 Å². The van der Waals surface area contributed by atoms with Crippen LogP contribution in [0, 0.1) is 0 Å². The summed E-state index contributed by atoms with van der Waals surface area (Å²) in [6, 6.07) is 13.0. The van der Waals surface area contributed by atoms with Crippen LogP contribution in [0.5, 0.6) is 0 Å². The summed E-state index contributed by atoms with van der Waals surface area (Å²) in [7, 11) is 1.72. The molecule has 7 heteroatoms. The summed E-state index contributed by atoms with van der Waals surface area (Å²) >= 11 is 12.2. The van der Waals surface area contributed by atoms with E-state index in [1.54, 1.807) is 33.2 Å². The fourth-order valence-electron chi connectivity index (χ4n) is 3.21. The normalized spacial score (nSPS) is 11.1. The van der Waals surface area contributed by atoms with E-state index in [0.717, 1.165) is 16.6 Å². The molecule has 0 N–H and O–H groups in total. The van der Waals surface area contributed by atoms with Crippen molar-refractivity contribution in [1.82, 2.24) is 14.0 Å². The monoisotopic (exact) mass is 405 g/mol. The lowest BCUT2D eigenvalue weighted by atomic mass is 10.2. The maximum absolute atomic E-state index is 12.6. The average molecular weight is 406 g/mol. The molecule has 0 saturated carbocycles. The molecular weight excluding hydrogens is 385 g/mol. The maximum atomic E-state index is 12.6. The number of nitrogens with zero attached hydrogens (tertiary/aromatic N) is 3. The number of fused-ring (bicyclic) bond motifs is 1. The molecule has 0 fully saturated rings. The standard InChI is InChI=1S/C20H21Cl2N3O2/c1-3-24-16-9-4-5-10-17(16)25(20(24)27)12-11-18(26)23(2)13-14-7-6-8-15(21)19(14)22/h4-10H,3,11-13H2,1-2H3. The highest BCUT2D eigenvalue weighted by atomic mass is 35.5. The van der Waals surface area contributed by atoms with Crippen LogP contribution >= 0.6 is 23.2 Å². The van der Waals surface area contributed by atoms with Gasteiger partial charge >= 0.3 is 5.69 Å². The Morgan fingerprint density at radius 3 is 2.37 bits per heavy atom. The molecule has 27 heavy (non-hydrogen) atoms. The number of hydrogen-bond donors (Lipinski definition) is 0. The van der Waals surface area contributed by atoms with Gasteiger partial charge in [-0.2, -0.15) is 0 Å². The molecule has 3 aromatic rings. The number of para-hydroxylation sites is 2. The molecule has 0 radical (unpaired) electrons. The minimum absolute atomic E-state index is 0.0636. The zero-order valence-electron chi connectivity index (χ0n) is 15.3. The van der Waals surface area contributed by atoms with Gasteiger partial charge in [-0.05, 0) is 30.7 Å². The van der Waals surface area contributed by atoms with Gasteiger partial charge in [0.15, 0.2) is 0 Å². The summed E-state index contributed by atoms with van der Waals surface area (Å²) in [5.74, 6) is -0.0636. The summed E-state index contributed by atoms with van der Waals surface area (Å²) in [5, 5.41) is 0.926. The Labute approximate surface area is 167 Å². The topological polar surface area (TPSA) is 47.2 Å². The second-order valence-electron chi connectivity index (χ2n) is 6.38. The van der Waals surface area contributed by atoms with Crippen LogP contribution in [-0.4, -0.2) is 27.0 Å². The number of amides is 1. The highest BCUT2D eigenvalue weighted by Crippen LogP contribution is 2.26. The number of carbonyl (C=O) groups is 1. The first-order valence-electron chi connectivity index (χ1n) is 8.79. The number of rotatable bonds is 6. The molecule has 142 valence electrons. The zero-order chi connectivity index (χ0) is 19.6. The van der Waals surface area contributed by atoms with Gasteiger partial charge in [0, 0.05) is 33.1 Å². The second-order valence-corrected chi connectivity index (χ2v) is 7.17. The van der Waals surface area contributed by atoms with Gasteiger partial charge in [-0.15, -0.1) is 0 Å². The molecule has 5 nitrogen and oxygen atoms in total. The van der Waals surface area contributed by atoms with Crippen LogP contribution in [0.1, 0.15) is 18.9 Å². The summed E-state index contributed by atoms with van der Waals surface area (Å²) < 4.78 is 3.38. The van der Waals surface area contributed by atoms with Crippen molar-refractivity contribution in [3.05, 3.63) is 68.6 Å². The lowest BCUT2D eigenvalue weighted by Crippen LogP contribution is -2.30. The Morgan fingerprint density at radius 2 is 1.70 bits per heavy atom. The average Bonchev–Trinajstić information content (AvgIpc) is 2.94. The molecule has 0 bridgehead atoms. The number of hydrogen-bond acceptors (Lipinski definition) is 2. The van der Waals surface area contributed by atoms with E-state index >= 15 is 0 Å². The highest BCUT2D eigenvalue weighted by molar-refractivity contribution is 6.42. The molecular formula is C20H21Cl2N3O2. The summed E-state index contributed by atoms with van der Waals surface area (Å²) in [6.07, 6.45) is 0.228. The molecule has 0 spiro atoms. The molecule has 0 aliphatic rings. The predicted octanol–water partition coefficient (Wildman–Crippen LogP) is 4.18. The van der Waals surface area contributed by atoms with Gasteiger partial charge in [-0.25, -0.2) is 4.79 Å². The van der Waals surface area contributed by atoms with Gasteiger partial charge in [0.1, 0.15) is 0 Å². The van der Waals surface area contributed by atoms with Crippen molar-refractivity contribution in [3.63, 3.8) is 0 Å². The maximum Gasteiger partial charge on any atom is 0.329 e. The quantitative estimate of drug-likeness (QED) is 0.617. The van der Waals surface area contributed by atoms with Crippen LogP contribution in [0.25, 0.3) is 11.0 Å². The van der Waals surface area contributed by atoms with Crippen molar-refractivity contribution >= 4 is 40.1 Å².